The maximum Gasteiger partial charge on any atom is 0.145 e. The lowest BCUT2D eigenvalue weighted by Gasteiger charge is -2.46. The predicted molar refractivity (Wildman–Crippen MR) is 128 cm³/mol. The standard InChI is InChI=1S/C23H33N5O.C2H2/c1-7-10-28(6)18-12-20(29)21(24-15-18)19-9-8-17(25-26-19)11-16-13-22(2,3)27-23(4,5)14-16;1-2/h7-10,12,15-16,27,29H,11,13-14H2,1-6H3;1-2H/b10-7-;. The summed E-state index contributed by atoms with van der Waals surface area (Å²) >= 11 is 0. The second-order valence-corrected chi connectivity index (χ2v) is 9.44. The van der Waals surface area contributed by atoms with Crippen LogP contribution in [0.3, 0.4) is 0 Å². The molecule has 2 aromatic heterocycles. The number of hydrogen-bond acceptors (Lipinski definition) is 6. The molecule has 0 radical (unpaired) electrons. The van der Waals surface area contributed by atoms with Crippen LogP contribution in [0.25, 0.3) is 11.4 Å². The van der Waals surface area contributed by atoms with Crippen LogP contribution in [0.15, 0.2) is 36.7 Å². The fourth-order valence-corrected chi connectivity index (χ4v) is 4.71. The van der Waals surface area contributed by atoms with Crippen molar-refractivity contribution >= 4 is 5.69 Å². The monoisotopic (exact) mass is 421 g/mol. The van der Waals surface area contributed by atoms with Crippen LogP contribution in [-0.4, -0.2) is 38.4 Å². The Hall–Kier alpha value is -2.91. The summed E-state index contributed by atoms with van der Waals surface area (Å²) in [6.45, 7) is 11.0. The predicted octanol–water partition coefficient (Wildman–Crippen LogP) is 4.56. The minimum Gasteiger partial charge on any atom is -0.506 e. The van der Waals surface area contributed by atoms with Gasteiger partial charge in [0.25, 0.3) is 0 Å². The Morgan fingerprint density at radius 2 is 1.81 bits per heavy atom. The van der Waals surface area contributed by atoms with Crippen LogP contribution >= 0.6 is 0 Å². The number of allylic oxidation sites excluding steroid dienone is 1. The molecule has 0 saturated carbocycles. The molecule has 31 heavy (non-hydrogen) atoms. The molecule has 0 unspecified atom stereocenters. The van der Waals surface area contributed by atoms with Crippen molar-refractivity contribution in [3.63, 3.8) is 0 Å². The van der Waals surface area contributed by atoms with Crippen molar-refractivity contribution in [1.82, 2.24) is 20.5 Å². The maximum absolute atomic E-state index is 10.4. The van der Waals surface area contributed by atoms with Gasteiger partial charge in [0.2, 0.25) is 0 Å². The van der Waals surface area contributed by atoms with E-state index in [2.05, 4.69) is 61.0 Å². The number of aromatic hydroxyl groups is 1. The molecule has 0 amide bonds. The van der Waals surface area contributed by atoms with Gasteiger partial charge in [0.1, 0.15) is 17.1 Å². The average Bonchev–Trinajstić information content (AvgIpc) is 2.68. The number of nitrogens with zero attached hydrogens (tertiary/aromatic N) is 4. The molecule has 3 heterocycles. The molecule has 0 spiro atoms. The molecule has 0 aromatic carbocycles. The number of rotatable bonds is 5. The van der Waals surface area contributed by atoms with Crippen molar-refractivity contribution in [2.75, 3.05) is 11.9 Å². The van der Waals surface area contributed by atoms with Crippen LogP contribution < -0.4 is 10.2 Å². The Labute approximate surface area is 186 Å². The Morgan fingerprint density at radius 1 is 1.16 bits per heavy atom. The van der Waals surface area contributed by atoms with Gasteiger partial charge in [-0.3, -0.25) is 0 Å². The first-order valence-corrected chi connectivity index (χ1v) is 10.6. The van der Waals surface area contributed by atoms with E-state index in [4.69, 9.17) is 0 Å². The van der Waals surface area contributed by atoms with Crippen molar-refractivity contribution in [2.24, 2.45) is 5.92 Å². The summed E-state index contributed by atoms with van der Waals surface area (Å²) in [5.41, 5.74) is 3.07. The Kier molecular flexibility index (Phi) is 7.80. The number of aromatic nitrogens is 3. The molecule has 0 aliphatic carbocycles. The molecule has 166 valence electrons. The molecule has 2 N–H and O–H groups in total. The van der Waals surface area contributed by atoms with Gasteiger partial charge in [-0.1, -0.05) is 6.08 Å². The fourth-order valence-electron chi connectivity index (χ4n) is 4.71. The smallest absolute Gasteiger partial charge is 0.145 e. The molecule has 2 aromatic rings. The van der Waals surface area contributed by atoms with Crippen LogP contribution in [0.1, 0.15) is 53.2 Å². The highest BCUT2D eigenvalue weighted by Gasteiger charge is 2.37. The third-order valence-electron chi connectivity index (χ3n) is 5.37. The molecule has 0 bridgehead atoms. The van der Waals surface area contributed by atoms with Gasteiger partial charge in [-0.15, -0.1) is 17.9 Å². The van der Waals surface area contributed by atoms with E-state index in [0.717, 1.165) is 30.6 Å². The molecule has 0 atom stereocenters. The molecule has 6 heteroatoms. The number of piperidine rings is 1. The first-order chi connectivity index (χ1) is 14.6. The molecule has 1 aliphatic rings. The van der Waals surface area contributed by atoms with Gasteiger partial charge < -0.3 is 15.3 Å². The van der Waals surface area contributed by atoms with Gasteiger partial charge in [-0.2, -0.15) is 5.10 Å². The SMILES string of the molecule is C#C.C/C=C\N(C)c1cnc(-c2ccc(CC3CC(C)(C)NC(C)(C)C3)nn2)c(O)c1. The number of pyridine rings is 1. The first kappa shape index (κ1) is 24.4. The lowest BCUT2D eigenvalue weighted by molar-refractivity contribution is 0.128. The minimum atomic E-state index is 0.0998. The summed E-state index contributed by atoms with van der Waals surface area (Å²) in [6, 6.07) is 5.60. The summed E-state index contributed by atoms with van der Waals surface area (Å²) < 4.78 is 0. The van der Waals surface area contributed by atoms with Crippen LogP contribution in [0.5, 0.6) is 5.75 Å². The van der Waals surface area contributed by atoms with Gasteiger partial charge >= 0.3 is 0 Å². The van der Waals surface area contributed by atoms with Crippen molar-refractivity contribution in [3.8, 4) is 30.0 Å². The van der Waals surface area contributed by atoms with Crippen molar-refractivity contribution in [1.29, 1.82) is 0 Å². The lowest BCUT2D eigenvalue weighted by Crippen LogP contribution is -2.58. The van der Waals surface area contributed by atoms with Gasteiger partial charge in [-0.05, 0) is 78.1 Å². The number of anilines is 1. The lowest BCUT2D eigenvalue weighted by atomic mass is 9.74. The highest BCUT2D eigenvalue weighted by molar-refractivity contribution is 5.65. The first-order valence-electron chi connectivity index (χ1n) is 10.6. The molecular formula is C25H35N5O. The average molecular weight is 422 g/mol. The molecule has 3 rings (SSSR count). The molecule has 6 nitrogen and oxygen atoms in total. The number of nitrogens with one attached hydrogen (secondary N) is 1. The zero-order valence-corrected chi connectivity index (χ0v) is 19.6. The zero-order valence-electron chi connectivity index (χ0n) is 19.6. The number of hydrogen-bond donors (Lipinski definition) is 2. The summed E-state index contributed by atoms with van der Waals surface area (Å²) in [7, 11) is 1.91. The van der Waals surface area contributed by atoms with Crippen LogP contribution in [0.4, 0.5) is 5.69 Å². The van der Waals surface area contributed by atoms with Crippen LogP contribution in [0, 0.1) is 18.8 Å². The fraction of sp³-hybridized carbons (Fsp3) is 0.480. The van der Waals surface area contributed by atoms with Gasteiger partial charge in [0, 0.05) is 24.2 Å². The van der Waals surface area contributed by atoms with E-state index in [1.165, 1.54) is 0 Å². The normalized spacial score (nSPS) is 17.7. The summed E-state index contributed by atoms with van der Waals surface area (Å²) in [5.74, 6) is 0.664. The van der Waals surface area contributed by atoms with E-state index in [-0.39, 0.29) is 16.8 Å². The van der Waals surface area contributed by atoms with Crippen molar-refractivity contribution < 1.29 is 5.11 Å². The van der Waals surface area contributed by atoms with Gasteiger partial charge in [0.05, 0.1) is 17.6 Å². The van der Waals surface area contributed by atoms with E-state index < -0.39 is 0 Å². The third-order valence-corrected chi connectivity index (χ3v) is 5.37. The second kappa shape index (κ2) is 9.93. The third kappa shape index (κ3) is 6.53. The van der Waals surface area contributed by atoms with Gasteiger partial charge in [0.15, 0.2) is 0 Å². The molecule has 1 saturated heterocycles. The van der Waals surface area contributed by atoms with E-state index in [1.807, 2.05) is 43.3 Å². The molecule has 1 fully saturated rings. The highest BCUT2D eigenvalue weighted by atomic mass is 16.3. The summed E-state index contributed by atoms with van der Waals surface area (Å²) in [6.07, 6.45) is 16.7. The summed E-state index contributed by atoms with van der Waals surface area (Å²) in [4.78, 5) is 6.30. The van der Waals surface area contributed by atoms with E-state index in [0.29, 0.717) is 17.3 Å². The molecule has 1 aliphatic heterocycles. The molecular weight excluding hydrogens is 386 g/mol. The Balaban J connectivity index is 0.00000166. The summed E-state index contributed by atoms with van der Waals surface area (Å²) in [5, 5.41) is 22.9. The van der Waals surface area contributed by atoms with Crippen LogP contribution in [0.2, 0.25) is 0 Å². The quantitative estimate of drug-likeness (QED) is 0.689. The van der Waals surface area contributed by atoms with E-state index in [1.54, 1.807) is 12.3 Å². The van der Waals surface area contributed by atoms with Crippen molar-refractivity contribution in [3.05, 3.63) is 42.4 Å². The Morgan fingerprint density at radius 3 is 2.32 bits per heavy atom. The van der Waals surface area contributed by atoms with Crippen LogP contribution in [-0.2, 0) is 6.42 Å². The largest absolute Gasteiger partial charge is 0.506 e. The maximum atomic E-state index is 10.4. The zero-order chi connectivity index (χ0) is 23.2. The van der Waals surface area contributed by atoms with Crippen molar-refractivity contribution in [2.45, 2.75) is 65.0 Å². The topological polar surface area (TPSA) is 74.2 Å². The number of terminal acetylenes is 1. The Bertz CT molecular complexity index is 899. The van der Waals surface area contributed by atoms with E-state index >= 15 is 0 Å². The van der Waals surface area contributed by atoms with E-state index in [9.17, 15) is 5.11 Å². The van der Waals surface area contributed by atoms with Gasteiger partial charge in [-0.25, -0.2) is 4.98 Å². The minimum absolute atomic E-state index is 0.0998. The second-order valence-electron chi connectivity index (χ2n) is 9.44. The highest BCUT2D eigenvalue weighted by Crippen LogP contribution is 2.35.